The molecular formula is C24H14ClFO4. The van der Waals surface area contributed by atoms with Crippen molar-refractivity contribution in [1.29, 1.82) is 0 Å². The molecule has 0 amide bonds. The number of rotatable bonds is 4. The summed E-state index contributed by atoms with van der Waals surface area (Å²) in [5.74, 6) is -1.18. The van der Waals surface area contributed by atoms with E-state index in [1.165, 1.54) is 48.6 Å². The number of benzene rings is 3. The van der Waals surface area contributed by atoms with Crippen LogP contribution >= 0.6 is 11.6 Å². The molecule has 148 valence electrons. The van der Waals surface area contributed by atoms with Crippen LogP contribution in [-0.2, 0) is 4.79 Å². The average Bonchev–Trinajstić information content (AvgIpc) is 3.05. The van der Waals surface area contributed by atoms with E-state index in [9.17, 15) is 14.0 Å². The summed E-state index contributed by atoms with van der Waals surface area (Å²) in [5.41, 5.74) is 1.21. The van der Waals surface area contributed by atoms with Crippen molar-refractivity contribution >= 4 is 35.5 Å². The minimum Gasteiger partial charge on any atom is -0.452 e. The van der Waals surface area contributed by atoms with Crippen molar-refractivity contribution in [3.8, 4) is 11.5 Å². The molecule has 1 aliphatic heterocycles. The molecule has 0 saturated carbocycles. The maximum Gasteiger partial charge on any atom is 0.336 e. The fourth-order valence-electron chi connectivity index (χ4n) is 2.89. The van der Waals surface area contributed by atoms with E-state index in [0.29, 0.717) is 0 Å². The zero-order valence-corrected chi connectivity index (χ0v) is 16.2. The molecule has 0 spiro atoms. The highest BCUT2D eigenvalue weighted by Gasteiger charge is 2.28. The highest BCUT2D eigenvalue weighted by atomic mass is 35.5. The molecule has 0 fully saturated rings. The average molecular weight is 421 g/mol. The van der Waals surface area contributed by atoms with Crippen LogP contribution in [0.2, 0.25) is 5.02 Å². The third kappa shape index (κ3) is 4.16. The Kier molecular flexibility index (Phi) is 5.46. The quantitative estimate of drug-likeness (QED) is 0.308. The highest BCUT2D eigenvalue weighted by Crippen LogP contribution is 2.35. The van der Waals surface area contributed by atoms with Crippen molar-refractivity contribution in [1.82, 2.24) is 0 Å². The van der Waals surface area contributed by atoms with Gasteiger partial charge in [-0.2, -0.15) is 0 Å². The Morgan fingerprint density at radius 3 is 2.60 bits per heavy atom. The Labute approximate surface area is 176 Å². The van der Waals surface area contributed by atoms with Gasteiger partial charge in [-0.05, 0) is 42.0 Å². The lowest BCUT2D eigenvalue weighted by atomic mass is 10.1. The normalized spacial score (nSPS) is 14.1. The van der Waals surface area contributed by atoms with Crippen LogP contribution < -0.4 is 9.47 Å². The standard InChI is InChI=1S/C24H14ClFO4/c25-19-7-4-8-20(26)18(19)14-22-24(28)17-11-10-16(13-21(17)30-22)29-23(27)12-9-15-5-2-1-3-6-15/h1-14H. The van der Waals surface area contributed by atoms with Gasteiger partial charge in [-0.1, -0.05) is 48.0 Å². The summed E-state index contributed by atoms with van der Waals surface area (Å²) in [6.45, 7) is 0. The topological polar surface area (TPSA) is 52.6 Å². The van der Waals surface area contributed by atoms with E-state index in [1.54, 1.807) is 6.08 Å². The molecule has 0 bridgehead atoms. The summed E-state index contributed by atoms with van der Waals surface area (Å²) < 4.78 is 24.8. The van der Waals surface area contributed by atoms with Gasteiger partial charge < -0.3 is 9.47 Å². The van der Waals surface area contributed by atoms with E-state index in [2.05, 4.69) is 0 Å². The van der Waals surface area contributed by atoms with Crippen LogP contribution in [0.4, 0.5) is 4.39 Å². The smallest absolute Gasteiger partial charge is 0.336 e. The molecule has 3 aromatic rings. The summed E-state index contributed by atoms with van der Waals surface area (Å²) in [6, 6.07) is 18.0. The molecule has 4 nitrogen and oxygen atoms in total. The monoisotopic (exact) mass is 420 g/mol. The second-order valence-electron chi connectivity index (χ2n) is 6.40. The first-order chi connectivity index (χ1) is 14.5. The van der Waals surface area contributed by atoms with Gasteiger partial charge in [0.25, 0.3) is 0 Å². The van der Waals surface area contributed by atoms with Crippen molar-refractivity contribution in [3.05, 3.63) is 106 Å². The van der Waals surface area contributed by atoms with Crippen molar-refractivity contribution in [2.45, 2.75) is 0 Å². The molecule has 0 aliphatic carbocycles. The lowest BCUT2D eigenvalue weighted by Crippen LogP contribution is -2.03. The predicted octanol–water partition coefficient (Wildman–Crippen LogP) is 5.71. The third-order valence-corrected chi connectivity index (χ3v) is 4.68. The lowest BCUT2D eigenvalue weighted by molar-refractivity contribution is -0.128. The first kappa shape index (κ1) is 19.6. The molecule has 1 aliphatic rings. The number of carbonyl (C=O) groups excluding carboxylic acids is 2. The molecule has 6 heteroatoms. The van der Waals surface area contributed by atoms with Crippen LogP contribution in [0.15, 0.2) is 78.6 Å². The number of hydrogen-bond donors (Lipinski definition) is 0. The molecule has 0 radical (unpaired) electrons. The molecule has 1 heterocycles. The molecule has 0 N–H and O–H groups in total. The number of ketones is 1. The summed E-state index contributed by atoms with van der Waals surface area (Å²) in [4.78, 5) is 24.6. The minimum absolute atomic E-state index is 0.0630. The minimum atomic E-state index is -0.572. The van der Waals surface area contributed by atoms with Gasteiger partial charge in [-0.25, -0.2) is 9.18 Å². The van der Waals surface area contributed by atoms with E-state index in [-0.39, 0.29) is 33.4 Å². The summed E-state index contributed by atoms with van der Waals surface area (Å²) in [5, 5.41) is 0.162. The number of halogens is 2. The molecule has 0 saturated heterocycles. The maximum absolute atomic E-state index is 14.0. The zero-order valence-electron chi connectivity index (χ0n) is 15.5. The van der Waals surface area contributed by atoms with Crippen LogP contribution in [0.25, 0.3) is 12.2 Å². The maximum atomic E-state index is 14.0. The van der Waals surface area contributed by atoms with Gasteiger partial charge in [0.2, 0.25) is 5.78 Å². The predicted molar refractivity (Wildman–Crippen MR) is 112 cm³/mol. The number of fused-ring (bicyclic) bond motifs is 1. The summed E-state index contributed by atoms with van der Waals surface area (Å²) >= 11 is 6.01. The second kappa shape index (κ2) is 8.35. The molecule has 3 aromatic carbocycles. The third-order valence-electron chi connectivity index (χ3n) is 4.35. The van der Waals surface area contributed by atoms with Crippen LogP contribution in [0, 0.1) is 5.82 Å². The van der Waals surface area contributed by atoms with Gasteiger partial charge in [-0.3, -0.25) is 4.79 Å². The van der Waals surface area contributed by atoms with E-state index >= 15 is 0 Å². The highest BCUT2D eigenvalue weighted by molar-refractivity contribution is 6.32. The summed E-state index contributed by atoms with van der Waals surface area (Å²) in [7, 11) is 0. The summed E-state index contributed by atoms with van der Waals surface area (Å²) in [6.07, 6.45) is 4.20. The fourth-order valence-corrected chi connectivity index (χ4v) is 3.11. The molecule has 0 aromatic heterocycles. The first-order valence-electron chi connectivity index (χ1n) is 8.98. The van der Waals surface area contributed by atoms with E-state index < -0.39 is 17.6 Å². The number of Topliss-reactive ketones (excluding diaryl/α,β-unsaturated/α-hetero) is 1. The van der Waals surface area contributed by atoms with Crippen LogP contribution in [0.3, 0.4) is 0 Å². The van der Waals surface area contributed by atoms with Gasteiger partial charge >= 0.3 is 5.97 Å². The van der Waals surface area contributed by atoms with Crippen LogP contribution in [-0.4, -0.2) is 11.8 Å². The van der Waals surface area contributed by atoms with Gasteiger partial charge in [0.05, 0.1) is 10.6 Å². The Morgan fingerprint density at radius 1 is 1.03 bits per heavy atom. The van der Waals surface area contributed by atoms with Gasteiger partial charge in [0.15, 0.2) is 5.76 Å². The molecular weight excluding hydrogens is 407 g/mol. The molecule has 0 unspecified atom stereocenters. The second-order valence-corrected chi connectivity index (χ2v) is 6.81. The lowest BCUT2D eigenvalue weighted by Gasteiger charge is -2.04. The number of hydrogen-bond acceptors (Lipinski definition) is 4. The zero-order chi connectivity index (χ0) is 21.1. The van der Waals surface area contributed by atoms with Crippen LogP contribution in [0.5, 0.6) is 11.5 Å². The van der Waals surface area contributed by atoms with E-state index in [0.717, 1.165) is 5.56 Å². The SMILES string of the molecule is O=C(C=Cc1ccccc1)Oc1ccc2c(c1)OC(=Cc1c(F)cccc1Cl)C2=O. The number of carbonyl (C=O) groups is 2. The molecule has 0 atom stereocenters. The Bertz CT molecular complexity index is 1180. The van der Waals surface area contributed by atoms with Crippen LogP contribution in [0.1, 0.15) is 21.5 Å². The number of allylic oxidation sites excluding steroid dienone is 1. The van der Waals surface area contributed by atoms with E-state index in [4.69, 9.17) is 21.1 Å². The van der Waals surface area contributed by atoms with Crippen molar-refractivity contribution < 1.29 is 23.5 Å². The van der Waals surface area contributed by atoms with E-state index in [1.807, 2.05) is 30.3 Å². The van der Waals surface area contributed by atoms with Gasteiger partial charge in [0, 0.05) is 17.7 Å². The van der Waals surface area contributed by atoms with Crippen molar-refractivity contribution in [3.63, 3.8) is 0 Å². The number of ether oxygens (including phenoxy) is 2. The largest absolute Gasteiger partial charge is 0.452 e. The van der Waals surface area contributed by atoms with Gasteiger partial charge in [-0.15, -0.1) is 0 Å². The van der Waals surface area contributed by atoms with Crippen molar-refractivity contribution in [2.24, 2.45) is 0 Å². The Hall–Kier alpha value is -3.70. The first-order valence-corrected chi connectivity index (χ1v) is 9.36. The fraction of sp³-hybridized carbons (Fsp3) is 0. The van der Waals surface area contributed by atoms with Crippen molar-refractivity contribution in [2.75, 3.05) is 0 Å². The van der Waals surface area contributed by atoms with Gasteiger partial charge in [0.1, 0.15) is 17.3 Å². The molecule has 30 heavy (non-hydrogen) atoms. The number of esters is 1. The Morgan fingerprint density at radius 2 is 1.83 bits per heavy atom. The Balaban J connectivity index is 1.51. The molecule has 4 rings (SSSR count).